The van der Waals surface area contributed by atoms with E-state index in [9.17, 15) is 0 Å². The first-order valence-electron chi connectivity index (χ1n) is 5.63. The van der Waals surface area contributed by atoms with Crippen molar-refractivity contribution in [3.8, 4) is 11.1 Å². The lowest BCUT2D eigenvalue weighted by molar-refractivity contribution is 0.886. The fourth-order valence-corrected chi connectivity index (χ4v) is 2.60. The van der Waals surface area contributed by atoms with Gasteiger partial charge in [0, 0.05) is 17.7 Å². The van der Waals surface area contributed by atoms with Crippen molar-refractivity contribution in [3.63, 3.8) is 0 Å². The summed E-state index contributed by atoms with van der Waals surface area (Å²) in [4.78, 5) is 0. The maximum absolute atomic E-state index is 5.98. The molecule has 0 N–H and O–H groups in total. The first-order valence-corrected chi connectivity index (χ1v) is 6.70. The molecule has 0 saturated heterocycles. The molecule has 2 rings (SSSR count). The number of hydrogen-bond acceptors (Lipinski definition) is 0. The van der Waals surface area contributed by atoms with Crippen molar-refractivity contribution in [1.29, 1.82) is 0 Å². The lowest BCUT2D eigenvalue weighted by Crippen LogP contribution is -2.04. The third-order valence-electron chi connectivity index (χ3n) is 2.86. The van der Waals surface area contributed by atoms with Crippen LogP contribution in [-0.4, -0.2) is 11.8 Å². The molecule has 0 nitrogen and oxygen atoms in total. The van der Waals surface area contributed by atoms with Crippen LogP contribution in [0, 0.1) is 0 Å². The molecule has 17 heavy (non-hydrogen) atoms. The van der Waals surface area contributed by atoms with Gasteiger partial charge in [-0.3, -0.25) is 0 Å². The summed E-state index contributed by atoms with van der Waals surface area (Å²) in [5, 5.41) is 0. The maximum Gasteiger partial charge on any atom is 0.0303 e. The molecule has 0 radical (unpaired) electrons. The Hall–Kier alpha value is -0.980. The Morgan fingerprint density at radius 1 is 0.765 bits per heavy atom. The third-order valence-corrected chi connectivity index (χ3v) is 3.60. The standard InChI is InChI=1S/C15H14Cl2/c16-10-13(11-17)15-9-5-4-8-14(15)12-6-2-1-3-7-12/h1-9,13H,10-11H2. The van der Waals surface area contributed by atoms with Crippen LogP contribution in [0.4, 0.5) is 0 Å². The van der Waals surface area contributed by atoms with Gasteiger partial charge in [-0.25, -0.2) is 0 Å². The maximum atomic E-state index is 5.98. The first kappa shape index (κ1) is 12.5. The minimum Gasteiger partial charge on any atom is -0.126 e. The van der Waals surface area contributed by atoms with Gasteiger partial charge in [-0.1, -0.05) is 54.6 Å². The van der Waals surface area contributed by atoms with Crippen LogP contribution in [0.5, 0.6) is 0 Å². The molecule has 2 heteroatoms. The number of halogens is 2. The molecule has 0 aliphatic rings. The van der Waals surface area contributed by atoms with Gasteiger partial charge in [0.2, 0.25) is 0 Å². The molecule has 2 aromatic carbocycles. The number of hydrogen-bond donors (Lipinski definition) is 0. The second-order valence-electron chi connectivity index (χ2n) is 3.96. The zero-order valence-corrected chi connectivity index (χ0v) is 11.0. The Balaban J connectivity index is 2.48. The Kier molecular flexibility index (Phi) is 4.47. The van der Waals surface area contributed by atoms with E-state index in [1.54, 1.807) is 0 Å². The first-order chi connectivity index (χ1) is 8.36. The topological polar surface area (TPSA) is 0 Å². The average Bonchev–Trinajstić information content (AvgIpc) is 2.42. The van der Waals surface area contributed by atoms with Crippen LogP contribution < -0.4 is 0 Å². The summed E-state index contributed by atoms with van der Waals surface area (Å²) in [7, 11) is 0. The second-order valence-corrected chi connectivity index (χ2v) is 4.58. The van der Waals surface area contributed by atoms with Crippen molar-refractivity contribution in [2.45, 2.75) is 5.92 Å². The monoisotopic (exact) mass is 264 g/mol. The van der Waals surface area contributed by atoms with Gasteiger partial charge in [0.15, 0.2) is 0 Å². The molecule has 0 saturated carbocycles. The largest absolute Gasteiger partial charge is 0.126 e. The van der Waals surface area contributed by atoms with Crippen LogP contribution in [-0.2, 0) is 0 Å². The fourth-order valence-electron chi connectivity index (χ4n) is 1.94. The van der Waals surface area contributed by atoms with Gasteiger partial charge in [0.25, 0.3) is 0 Å². The van der Waals surface area contributed by atoms with Crippen molar-refractivity contribution in [2.24, 2.45) is 0 Å². The van der Waals surface area contributed by atoms with E-state index in [1.165, 1.54) is 16.7 Å². The molecule has 0 bridgehead atoms. The van der Waals surface area contributed by atoms with Crippen LogP contribution in [0.15, 0.2) is 54.6 Å². The highest BCUT2D eigenvalue weighted by molar-refractivity contribution is 6.21. The minimum absolute atomic E-state index is 0.203. The van der Waals surface area contributed by atoms with E-state index in [-0.39, 0.29) is 5.92 Å². The number of benzene rings is 2. The second kappa shape index (κ2) is 6.09. The molecule has 0 aliphatic heterocycles. The summed E-state index contributed by atoms with van der Waals surface area (Å²) in [6.07, 6.45) is 0. The Labute approximate surface area is 112 Å². The van der Waals surface area contributed by atoms with Gasteiger partial charge >= 0.3 is 0 Å². The van der Waals surface area contributed by atoms with Crippen LogP contribution in [0.3, 0.4) is 0 Å². The summed E-state index contributed by atoms with van der Waals surface area (Å²) in [6.45, 7) is 0. The van der Waals surface area contributed by atoms with Crippen LogP contribution in [0.1, 0.15) is 11.5 Å². The molecule has 0 unspecified atom stereocenters. The smallest absolute Gasteiger partial charge is 0.0303 e. The molecule has 0 aromatic heterocycles. The quantitative estimate of drug-likeness (QED) is 0.688. The SMILES string of the molecule is ClCC(CCl)c1ccccc1-c1ccccc1. The van der Waals surface area contributed by atoms with E-state index in [2.05, 4.69) is 24.3 Å². The minimum atomic E-state index is 0.203. The van der Waals surface area contributed by atoms with Gasteiger partial charge < -0.3 is 0 Å². The van der Waals surface area contributed by atoms with Crippen molar-refractivity contribution >= 4 is 23.2 Å². The van der Waals surface area contributed by atoms with Gasteiger partial charge in [-0.2, -0.15) is 0 Å². The van der Waals surface area contributed by atoms with E-state index in [0.29, 0.717) is 11.8 Å². The van der Waals surface area contributed by atoms with Gasteiger partial charge in [0.1, 0.15) is 0 Å². The molecule has 2 aromatic rings. The summed E-state index contributed by atoms with van der Waals surface area (Å²) < 4.78 is 0. The molecule has 0 heterocycles. The number of rotatable bonds is 4. The highest BCUT2D eigenvalue weighted by Crippen LogP contribution is 2.30. The zero-order valence-electron chi connectivity index (χ0n) is 9.44. The normalized spacial score (nSPS) is 10.8. The molecule has 0 fully saturated rings. The molecular formula is C15H14Cl2. The van der Waals surface area contributed by atoms with E-state index in [0.717, 1.165) is 0 Å². The predicted octanol–water partition coefficient (Wildman–Crippen LogP) is 4.91. The molecule has 0 atom stereocenters. The van der Waals surface area contributed by atoms with E-state index in [1.807, 2.05) is 30.3 Å². The van der Waals surface area contributed by atoms with Crippen LogP contribution in [0.2, 0.25) is 0 Å². The van der Waals surface area contributed by atoms with Crippen molar-refractivity contribution < 1.29 is 0 Å². The molecule has 0 aliphatic carbocycles. The van der Waals surface area contributed by atoms with Crippen LogP contribution in [0.25, 0.3) is 11.1 Å². The summed E-state index contributed by atoms with van der Waals surface area (Å²) in [5.74, 6) is 1.30. The van der Waals surface area contributed by atoms with Crippen LogP contribution >= 0.6 is 23.2 Å². The van der Waals surface area contributed by atoms with Gasteiger partial charge in [0.05, 0.1) is 0 Å². The highest BCUT2D eigenvalue weighted by atomic mass is 35.5. The Morgan fingerprint density at radius 2 is 1.35 bits per heavy atom. The Morgan fingerprint density at radius 3 is 2.00 bits per heavy atom. The Bertz CT molecular complexity index is 461. The van der Waals surface area contributed by atoms with E-state index in [4.69, 9.17) is 23.2 Å². The lowest BCUT2D eigenvalue weighted by atomic mass is 9.92. The lowest BCUT2D eigenvalue weighted by Gasteiger charge is -2.16. The van der Waals surface area contributed by atoms with Crippen molar-refractivity contribution in [3.05, 3.63) is 60.2 Å². The fraction of sp³-hybridized carbons (Fsp3) is 0.200. The molecular weight excluding hydrogens is 251 g/mol. The molecule has 0 amide bonds. The summed E-state index contributed by atoms with van der Waals surface area (Å²) in [5.41, 5.74) is 3.66. The van der Waals surface area contributed by atoms with Crippen molar-refractivity contribution in [1.82, 2.24) is 0 Å². The van der Waals surface area contributed by atoms with Gasteiger partial charge in [-0.15, -0.1) is 23.2 Å². The van der Waals surface area contributed by atoms with Crippen molar-refractivity contribution in [2.75, 3.05) is 11.8 Å². The number of alkyl halides is 2. The third kappa shape index (κ3) is 2.83. The predicted molar refractivity (Wildman–Crippen MR) is 76.1 cm³/mol. The molecule has 88 valence electrons. The van der Waals surface area contributed by atoms with Gasteiger partial charge in [-0.05, 0) is 16.7 Å². The highest BCUT2D eigenvalue weighted by Gasteiger charge is 2.13. The van der Waals surface area contributed by atoms with E-state index < -0.39 is 0 Å². The summed E-state index contributed by atoms with van der Waals surface area (Å²) >= 11 is 12.0. The summed E-state index contributed by atoms with van der Waals surface area (Å²) in [6, 6.07) is 18.6. The zero-order chi connectivity index (χ0) is 12.1. The average molecular weight is 265 g/mol. The van der Waals surface area contributed by atoms with E-state index >= 15 is 0 Å². The molecule has 0 spiro atoms.